The third kappa shape index (κ3) is 3.59. The highest BCUT2D eigenvalue weighted by Gasteiger charge is 2.31. The van der Waals surface area contributed by atoms with Crippen molar-refractivity contribution in [1.82, 2.24) is 9.97 Å². The van der Waals surface area contributed by atoms with Crippen molar-refractivity contribution in [2.45, 2.75) is 57.5 Å². The van der Waals surface area contributed by atoms with E-state index in [0.717, 1.165) is 50.2 Å². The topological polar surface area (TPSA) is 61.3 Å². The van der Waals surface area contributed by atoms with Crippen molar-refractivity contribution < 1.29 is 14.3 Å². The predicted molar refractivity (Wildman–Crippen MR) is 77.3 cm³/mol. The van der Waals surface area contributed by atoms with Gasteiger partial charge in [-0.3, -0.25) is 0 Å². The number of carbonyl (C=O) groups excluding carboxylic acids is 1. The summed E-state index contributed by atoms with van der Waals surface area (Å²) in [5.74, 6) is 0.884. The highest BCUT2D eigenvalue weighted by molar-refractivity contribution is 5.90. The number of esters is 1. The smallest absolute Gasteiger partial charge is 0.341 e. The summed E-state index contributed by atoms with van der Waals surface area (Å²) in [5, 5.41) is 0. The zero-order valence-corrected chi connectivity index (χ0v) is 12.5. The minimum absolute atomic E-state index is 0.222. The van der Waals surface area contributed by atoms with Gasteiger partial charge in [-0.05, 0) is 39.0 Å². The maximum absolute atomic E-state index is 12.0. The van der Waals surface area contributed by atoms with Crippen LogP contribution in [0, 0.1) is 0 Å². The molecule has 21 heavy (non-hydrogen) atoms. The number of nitrogens with zero attached hydrogens (tertiary/aromatic N) is 2. The average molecular weight is 290 g/mol. The minimum atomic E-state index is -0.306. The molecule has 2 aliphatic rings. The average Bonchev–Trinajstić information content (AvgIpc) is 3.33. The Hall–Kier alpha value is -1.49. The molecule has 2 fully saturated rings. The Kier molecular flexibility index (Phi) is 4.48. The summed E-state index contributed by atoms with van der Waals surface area (Å²) in [7, 11) is 0. The van der Waals surface area contributed by atoms with E-state index in [1.165, 1.54) is 6.42 Å². The first-order valence-electron chi connectivity index (χ1n) is 7.92. The van der Waals surface area contributed by atoms with Crippen LogP contribution in [0.5, 0.6) is 0 Å². The highest BCUT2D eigenvalue weighted by Crippen LogP contribution is 2.40. The molecule has 0 bridgehead atoms. The van der Waals surface area contributed by atoms with Crippen LogP contribution >= 0.6 is 0 Å². The van der Waals surface area contributed by atoms with Crippen LogP contribution < -0.4 is 0 Å². The van der Waals surface area contributed by atoms with Crippen molar-refractivity contribution in [3.05, 3.63) is 23.3 Å². The van der Waals surface area contributed by atoms with Crippen LogP contribution in [0.15, 0.2) is 6.20 Å². The van der Waals surface area contributed by atoms with Gasteiger partial charge in [0.25, 0.3) is 0 Å². The number of carbonyl (C=O) groups is 1. The van der Waals surface area contributed by atoms with E-state index >= 15 is 0 Å². The summed E-state index contributed by atoms with van der Waals surface area (Å²) in [4.78, 5) is 21.0. The van der Waals surface area contributed by atoms with Gasteiger partial charge in [-0.1, -0.05) is 0 Å². The zero-order valence-electron chi connectivity index (χ0n) is 12.5. The molecule has 1 unspecified atom stereocenters. The van der Waals surface area contributed by atoms with Gasteiger partial charge < -0.3 is 9.47 Å². The fourth-order valence-electron chi connectivity index (χ4n) is 2.74. The Balaban J connectivity index is 1.76. The van der Waals surface area contributed by atoms with Crippen LogP contribution in [0.2, 0.25) is 0 Å². The van der Waals surface area contributed by atoms with Crippen LogP contribution in [-0.4, -0.2) is 35.3 Å². The minimum Gasteiger partial charge on any atom is -0.462 e. The highest BCUT2D eigenvalue weighted by atomic mass is 16.5. The molecule has 1 aliphatic heterocycles. The predicted octanol–water partition coefficient (Wildman–Crippen LogP) is 2.64. The third-order valence-electron chi connectivity index (χ3n) is 4.01. The van der Waals surface area contributed by atoms with Crippen molar-refractivity contribution >= 4 is 5.97 Å². The fourth-order valence-corrected chi connectivity index (χ4v) is 2.74. The molecule has 5 heteroatoms. The summed E-state index contributed by atoms with van der Waals surface area (Å²) < 4.78 is 10.8. The lowest BCUT2D eigenvalue weighted by Gasteiger charge is -2.22. The third-order valence-corrected chi connectivity index (χ3v) is 4.01. The van der Waals surface area contributed by atoms with Gasteiger partial charge >= 0.3 is 5.97 Å². The molecule has 2 heterocycles. The van der Waals surface area contributed by atoms with E-state index in [4.69, 9.17) is 9.47 Å². The standard InChI is InChI=1S/C16H22N2O3/c1-2-20-16(19)13-10-17-14(18-15(13)11-6-7-11)9-12-5-3-4-8-21-12/h10-12H,2-9H2,1H3. The van der Waals surface area contributed by atoms with Crippen molar-refractivity contribution in [3.8, 4) is 0 Å². The summed E-state index contributed by atoms with van der Waals surface area (Å²) in [6.45, 7) is 3.02. The molecule has 1 aliphatic carbocycles. The Bertz CT molecular complexity index is 508. The van der Waals surface area contributed by atoms with Gasteiger partial charge in [0, 0.05) is 25.1 Å². The molecule has 1 saturated carbocycles. The molecule has 3 rings (SSSR count). The molecular weight excluding hydrogens is 268 g/mol. The molecule has 1 aromatic rings. The second-order valence-electron chi connectivity index (χ2n) is 5.77. The summed E-state index contributed by atoms with van der Waals surface area (Å²) in [5.41, 5.74) is 1.40. The molecule has 1 saturated heterocycles. The lowest BCUT2D eigenvalue weighted by atomic mass is 10.1. The van der Waals surface area contributed by atoms with E-state index in [9.17, 15) is 4.79 Å². The molecule has 1 atom stereocenters. The van der Waals surface area contributed by atoms with E-state index < -0.39 is 0 Å². The van der Waals surface area contributed by atoms with Crippen molar-refractivity contribution in [3.63, 3.8) is 0 Å². The summed E-state index contributed by atoms with van der Waals surface area (Å²) >= 11 is 0. The van der Waals surface area contributed by atoms with E-state index in [0.29, 0.717) is 18.1 Å². The van der Waals surface area contributed by atoms with Gasteiger partial charge in [-0.15, -0.1) is 0 Å². The molecule has 0 amide bonds. The number of ether oxygens (including phenoxy) is 2. The Morgan fingerprint density at radius 2 is 2.24 bits per heavy atom. The maximum Gasteiger partial charge on any atom is 0.341 e. The van der Waals surface area contributed by atoms with Gasteiger partial charge in [-0.2, -0.15) is 0 Å². The zero-order chi connectivity index (χ0) is 14.7. The molecule has 1 aromatic heterocycles. The molecule has 0 N–H and O–H groups in total. The van der Waals surface area contributed by atoms with E-state index in [1.54, 1.807) is 6.20 Å². The monoisotopic (exact) mass is 290 g/mol. The van der Waals surface area contributed by atoms with E-state index in [-0.39, 0.29) is 12.1 Å². The van der Waals surface area contributed by atoms with Gasteiger partial charge in [0.05, 0.1) is 24.0 Å². The second-order valence-corrected chi connectivity index (χ2v) is 5.77. The molecule has 0 spiro atoms. The van der Waals surface area contributed by atoms with Crippen molar-refractivity contribution in [2.24, 2.45) is 0 Å². The number of hydrogen-bond donors (Lipinski definition) is 0. The van der Waals surface area contributed by atoms with Crippen LogP contribution in [0.1, 0.15) is 66.8 Å². The van der Waals surface area contributed by atoms with E-state index in [1.807, 2.05) is 6.92 Å². The van der Waals surface area contributed by atoms with Gasteiger partial charge in [0.2, 0.25) is 0 Å². The first-order chi connectivity index (χ1) is 10.3. The number of rotatable bonds is 5. The van der Waals surface area contributed by atoms with Crippen LogP contribution in [0.4, 0.5) is 0 Å². The maximum atomic E-state index is 12.0. The lowest BCUT2D eigenvalue weighted by molar-refractivity contribution is 0.0156. The van der Waals surface area contributed by atoms with Gasteiger partial charge in [-0.25, -0.2) is 14.8 Å². The molecular formula is C16H22N2O3. The normalized spacial score (nSPS) is 22.0. The fraction of sp³-hybridized carbons (Fsp3) is 0.688. The lowest BCUT2D eigenvalue weighted by Crippen LogP contribution is -2.23. The SMILES string of the molecule is CCOC(=O)c1cnc(CC2CCCCO2)nc1C1CC1. The van der Waals surface area contributed by atoms with Crippen LogP contribution in [-0.2, 0) is 15.9 Å². The molecule has 0 radical (unpaired) electrons. The Morgan fingerprint density at radius 1 is 1.38 bits per heavy atom. The number of hydrogen-bond acceptors (Lipinski definition) is 5. The second kappa shape index (κ2) is 6.52. The largest absolute Gasteiger partial charge is 0.462 e. The van der Waals surface area contributed by atoms with Gasteiger partial charge in [0.1, 0.15) is 5.82 Å². The molecule has 5 nitrogen and oxygen atoms in total. The van der Waals surface area contributed by atoms with Crippen LogP contribution in [0.3, 0.4) is 0 Å². The Labute approximate surface area is 125 Å². The summed E-state index contributed by atoms with van der Waals surface area (Å²) in [6, 6.07) is 0. The van der Waals surface area contributed by atoms with E-state index in [2.05, 4.69) is 9.97 Å². The Morgan fingerprint density at radius 3 is 2.90 bits per heavy atom. The van der Waals surface area contributed by atoms with Crippen LogP contribution in [0.25, 0.3) is 0 Å². The van der Waals surface area contributed by atoms with Gasteiger partial charge in [0.15, 0.2) is 0 Å². The van der Waals surface area contributed by atoms with Crippen molar-refractivity contribution in [1.29, 1.82) is 0 Å². The quantitative estimate of drug-likeness (QED) is 0.780. The first kappa shape index (κ1) is 14.4. The first-order valence-corrected chi connectivity index (χ1v) is 7.92. The molecule has 0 aromatic carbocycles. The summed E-state index contributed by atoms with van der Waals surface area (Å²) in [6.07, 6.45) is 8.22. The van der Waals surface area contributed by atoms with Crippen molar-refractivity contribution in [2.75, 3.05) is 13.2 Å². The molecule has 114 valence electrons. The number of aromatic nitrogens is 2.